The molecule has 3 aromatic heterocycles. The summed E-state index contributed by atoms with van der Waals surface area (Å²) in [5, 5.41) is 12.6. The predicted octanol–water partition coefficient (Wildman–Crippen LogP) is 2.30. The van der Waals surface area contributed by atoms with Crippen molar-refractivity contribution in [2.24, 2.45) is 0 Å². The standard InChI is InChI=1S/C21H18F3N5O3/c22-21(23,24)17-4-3-11(8-27-17)14-6-13(20(31)29-15-9-32-10-16(15)30)18(25)19(28-14)12-2-1-5-26-7-12/h1-8,15-16,30H,9-10,25H2,(H,29,31)/t15-,16+/m0/s1. The number of anilines is 1. The Balaban J connectivity index is 1.78. The van der Waals surface area contributed by atoms with Crippen LogP contribution < -0.4 is 11.1 Å². The van der Waals surface area contributed by atoms with Crippen LogP contribution in [0.4, 0.5) is 18.9 Å². The van der Waals surface area contributed by atoms with Crippen LogP contribution in [0, 0.1) is 0 Å². The third-order valence-corrected chi connectivity index (χ3v) is 4.95. The normalized spacial score (nSPS) is 18.5. The van der Waals surface area contributed by atoms with Crippen LogP contribution in [0.5, 0.6) is 0 Å². The minimum atomic E-state index is -4.58. The smallest absolute Gasteiger partial charge is 0.396 e. The number of aromatic nitrogens is 3. The fourth-order valence-electron chi connectivity index (χ4n) is 3.25. The molecule has 0 radical (unpaired) electrons. The number of nitrogens with two attached hydrogens (primary N) is 1. The summed E-state index contributed by atoms with van der Waals surface area (Å²) in [7, 11) is 0. The van der Waals surface area contributed by atoms with Crippen molar-refractivity contribution in [2.45, 2.75) is 18.3 Å². The molecule has 3 aromatic rings. The lowest BCUT2D eigenvalue weighted by Crippen LogP contribution is -2.42. The van der Waals surface area contributed by atoms with E-state index in [1.165, 1.54) is 18.3 Å². The monoisotopic (exact) mass is 445 g/mol. The zero-order valence-electron chi connectivity index (χ0n) is 16.5. The third kappa shape index (κ3) is 4.39. The van der Waals surface area contributed by atoms with Gasteiger partial charge in [-0.1, -0.05) is 0 Å². The highest BCUT2D eigenvalue weighted by atomic mass is 19.4. The molecule has 1 fully saturated rings. The van der Waals surface area contributed by atoms with Crippen molar-refractivity contribution in [3.63, 3.8) is 0 Å². The number of carbonyl (C=O) groups excluding carboxylic acids is 1. The molecule has 2 atom stereocenters. The lowest BCUT2D eigenvalue weighted by atomic mass is 10.0. The molecule has 4 N–H and O–H groups in total. The molecule has 0 spiro atoms. The number of hydrogen-bond donors (Lipinski definition) is 3. The van der Waals surface area contributed by atoms with E-state index in [0.29, 0.717) is 5.56 Å². The molecule has 0 saturated carbocycles. The van der Waals surface area contributed by atoms with Crippen molar-refractivity contribution in [3.05, 3.63) is 60.2 Å². The summed E-state index contributed by atoms with van der Waals surface area (Å²) in [5.41, 5.74) is 6.54. The van der Waals surface area contributed by atoms with E-state index >= 15 is 0 Å². The van der Waals surface area contributed by atoms with E-state index in [9.17, 15) is 23.1 Å². The zero-order chi connectivity index (χ0) is 22.9. The summed E-state index contributed by atoms with van der Waals surface area (Å²) in [6.07, 6.45) is -1.35. The number of halogens is 3. The second-order valence-corrected chi connectivity index (χ2v) is 7.17. The van der Waals surface area contributed by atoms with Gasteiger partial charge in [0.1, 0.15) is 5.69 Å². The molecule has 4 heterocycles. The number of aliphatic hydroxyl groups excluding tert-OH is 1. The fraction of sp³-hybridized carbons (Fsp3) is 0.238. The van der Waals surface area contributed by atoms with Crippen LogP contribution in [0.3, 0.4) is 0 Å². The Morgan fingerprint density at radius 2 is 2.00 bits per heavy atom. The van der Waals surface area contributed by atoms with Gasteiger partial charge in [0.05, 0.1) is 48.0 Å². The average Bonchev–Trinajstić information content (AvgIpc) is 3.18. The van der Waals surface area contributed by atoms with E-state index < -0.39 is 29.9 Å². The average molecular weight is 445 g/mol. The van der Waals surface area contributed by atoms with Crippen molar-refractivity contribution in [1.29, 1.82) is 0 Å². The molecular weight excluding hydrogens is 427 g/mol. The van der Waals surface area contributed by atoms with Gasteiger partial charge >= 0.3 is 6.18 Å². The highest BCUT2D eigenvalue weighted by Crippen LogP contribution is 2.32. The number of rotatable bonds is 4. The molecule has 0 unspecified atom stereocenters. The molecule has 0 bridgehead atoms. The second-order valence-electron chi connectivity index (χ2n) is 7.17. The van der Waals surface area contributed by atoms with Crippen LogP contribution in [0.1, 0.15) is 16.1 Å². The Kier molecular flexibility index (Phi) is 5.76. The van der Waals surface area contributed by atoms with Gasteiger partial charge in [-0.25, -0.2) is 4.98 Å². The van der Waals surface area contributed by atoms with Crippen molar-refractivity contribution < 1.29 is 27.8 Å². The highest BCUT2D eigenvalue weighted by molar-refractivity contribution is 6.03. The molecule has 32 heavy (non-hydrogen) atoms. The Labute approximate surface area is 180 Å². The van der Waals surface area contributed by atoms with Gasteiger partial charge in [0.2, 0.25) is 0 Å². The van der Waals surface area contributed by atoms with Gasteiger partial charge < -0.3 is 20.9 Å². The molecule has 8 nitrogen and oxygen atoms in total. The lowest BCUT2D eigenvalue weighted by molar-refractivity contribution is -0.141. The number of alkyl halides is 3. The molecule has 1 amide bonds. The Morgan fingerprint density at radius 1 is 1.19 bits per heavy atom. The van der Waals surface area contributed by atoms with Crippen LogP contribution in [0.15, 0.2) is 48.9 Å². The molecule has 11 heteroatoms. The molecule has 4 rings (SSSR count). The number of nitrogens with zero attached hydrogens (tertiary/aromatic N) is 3. The Bertz CT molecular complexity index is 1120. The maximum absolute atomic E-state index is 13.0. The van der Waals surface area contributed by atoms with Crippen molar-refractivity contribution in [2.75, 3.05) is 18.9 Å². The predicted molar refractivity (Wildman–Crippen MR) is 108 cm³/mol. The minimum absolute atomic E-state index is 0.0489. The van der Waals surface area contributed by atoms with E-state index in [1.807, 2.05) is 0 Å². The van der Waals surface area contributed by atoms with Gasteiger partial charge in [0.15, 0.2) is 0 Å². The summed E-state index contributed by atoms with van der Waals surface area (Å²) >= 11 is 0. The van der Waals surface area contributed by atoms with Crippen molar-refractivity contribution >= 4 is 11.6 Å². The van der Waals surface area contributed by atoms with Crippen LogP contribution in [0.2, 0.25) is 0 Å². The van der Waals surface area contributed by atoms with Crippen molar-refractivity contribution in [1.82, 2.24) is 20.3 Å². The molecule has 0 aromatic carbocycles. The molecule has 1 aliphatic heterocycles. The maximum Gasteiger partial charge on any atom is 0.433 e. The van der Waals surface area contributed by atoms with Gasteiger partial charge in [-0.3, -0.25) is 14.8 Å². The number of amides is 1. The Hall–Kier alpha value is -3.57. The number of nitrogen functional groups attached to an aromatic ring is 1. The van der Waals surface area contributed by atoms with Crippen LogP contribution in [0.25, 0.3) is 22.5 Å². The number of ether oxygens (including phenoxy) is 1. The number of pyridine rings is 3. The zero-order valence-corrected chi connectivity index (χ0v) is 16.5. The fourth-order valence-corrected chi connectivity index (χ4v) is 3.25. The van der Waals surface area contributed by atoms with Crippen LogP contribution in [-0.4, -0.2) is 51.3 Å². The minimum Gasteiger partial charge on any atom is -0.396 e. The van der Waals surface area contributed by atoms with Gasteiger partial charge in [-0.15, -0.1) is 0 Å². The first-order valence-corrected chi connectivity index (χ1v) is 9.55. The summed E-state index contributed by atoms with van der Waals surface area (Å²) in [4.78, 5) is 24.9. The number of carbonyl (C=O) groups is 1. The highest BCUT2D eigenvalue weighted by Gasteiger charge is 2.32. The quantitative estimate of drug-likeness (QED) is 0.563. The SMILES string of the molecule is Nc1c(C(=O)N[C@H]2COC[C@H]2O)cc(-c2ccc(C(F)(F)F)nc2)nc1-c1cccnc1. The largest absolute Gasteiger partial charge is 0.433 e. The van der Waals surface area contributed by atoms with Gasteiger partial charge in [-0.05, 0) is 30.3 Å². The first-order valence-electron chi connectivity index (χ1n) is 9.55. The summed E-state index contributed by atoms with van der Waals surface area (Å²) < 4.78 is 43.8. The third-order valence-electron chi connectivity index (χ3n) is 4.95. The first kappa shape index (κ1) is 21.7. The number of aliphatic hydroxyl groups is 1. The molecular formula is C21H18F3N5O3. The number of hydrogen-bond acceptors (Lipinski definition) is 7. The molecule has 1 aliphatic rings. The van der Waals surface area contributed by atoms with E-state index in [0.717, 1.165) is 12.3 Å². The topological polar surface area (TPSA) is 123 Å². The summed E-state index contributed by atoms with van der Waals surface area (Å²) in [6.45, 7) is 0.239. The van der Waals surface area contributed by atoms with E-state index in [2.05, 4.69) is 20.3 Å². The molecule has 1 saturated heterocycles. The van der Waals surface area contributed by atoms with E-state index in [1.54, 1.807) is 18.3 Å². The van der Waals surface area contributed by atoms with Gasteiger partial charge in [0, 0.05) is 29.7 Å². The van der Waals surface area contributed by atoms with E-state index in [-0.39, 0.29) is 41.4 Å². The maximum atomic E-state index is 13.0. The number of nitrogens with one attached hydrogen (secondary N) is 1. The van der Waals surface area contributed by atoms with Crippen LogP contribution in [-0.2, 0) is 10.9 Å². The second kappa shape index (κ2) is 8.52. The van der Waals surface area contributed by atoms with Gasteiger partial charge in [-0.2, -0.15) is 13.2 Å². The molecule has 0 aliphatic carbocycles. The first-order chi connectivity index (χ1) is 15.2. The van der Waals surface area contributed by atoms with Crippen molar-refractivity contribution in [3.8, 4) is 22.5 Å². The van der Waals surface area contributed by atoms with Gasteiger partial charge in [0.25, 0.3) is 5.91 Å². The Morgan fingerprint density at radius 3 is 2.59 bits per heavy atom. The van der Waals surface area contributed by atoms with E-state index in [4.69, 9.17) is 10.5 Å². The summed E-state index contributed by atoms with van der Waals surface area (Å²) in [6, 6.07) is 6.16. The lowest BCUT2D eigenvalue weighted by Gasteiger charge is -2.17. The van der Waals surface area contributed by atoms with Crippen LogP contribution >= 0.6 is 0 Å². The molecule has 166 valence electrons. The summed E-state index contributed by atoms with van der Waals surface area (Å²) in [5.74, 6) is -0.578.